The molecule has 1 heterocycles. The summed E-state index contributed by atoms with van der Waals surface area (Å²) in [7, 11) is -4.25. The van der Waals surface area contributed by atoms with Gasteiger partial charge in [0.15, 0.2) is 4.08 Å². The van der Waals surface area contributed by atoms with Crippen LogP contribution in [0, 0.1) is 0 Å². The molecule has 6 heteroatoms. The quantitative estimate of drug-likeness (QED) is 0.577. The van der Waals surface area contributed by atoms with Crippen LogP contribution in [0.4, 0.5) is 0 Å². The molecule has 0 amide bonds. The average Bonchev–Trinajstić information content (AvgIpc) is 2.04. The molecule has 4 nitrogen and oxygen atoms in total. The highest BCUT2D eigenvalue weighted by molar-refractivity contribution is 8.02. The molecule has 72 valence electrons. The molecule has 0 saturated carbocycles. The van der Waals surface area contributed by atoms with Crippen molar-refractivity contribution in [2.75, 3.05) is 0 Å². The molecule has 0 aliphatic rings. The van der Waals surface area contributed by atoms with Gasteiger partial charge in [-0.15, -0.1) is 12.6 Å². The van der Waals surface area contributed by atoms with Crippen molar-refractivity contribution in [1.29, 1.82) is 0 Å². The lowest BCUT2D eigenvalue weighted by atomic mass is 10.3. The molecule has 0 bridgehead atoms. The van der Waals surface area contributed by atoms with Crippen molar-refractivity contribution in [2.24, 2.45) is 0 Å². The Morgan fingerprint density at radius 2 is 2.15 bits per heavy atom. The predicted molar refractivity (Wildman–Crippen MR) is 52.1 cm³/mol. The van der Waals surface area contributed by atoms with Crippen LogP contribution >= 0.6 is 12.6 Å². The highest BCUT2D eigenvalue weighted by Gasteiger charge is 2.37. The first-order valence-corrected chi connectivity index (χ1v) is 5.35. The van der Waals surface area contributed by atoms with E-state index in [-0.39, 0.29) is 5.69 Å². The normalized spacial score (nSPS) is 16.5. The van der Waals surface area contributed by atoms with E-state index in [0.717, 1.165) is 0 Å². The van der Waals surface area contributed by atoms with Crippen molar-refractivity contribution in [3.63, 3.8) is 0 Å². The molecule has 0 aromatic carbocycles. The third-order valence-electron chi connectivity index (χ3n) is 1.64. The van der Waals surface area contributed by atoms with Crippen LogP contribution in [0.5, 0.6) is 0 Å². The lowest BCUT2D eigenvalue weighted by Crippen LogP contribution is -2.26. The van der Waals surface area contributed by atoms with E-state index in [9.17, 15) is 8.42 Å². The van der Waals surface area contributed by atoms with E-state index in [1.54, 1.807) is 12.1 Å². The summed E-state index contributed by atoms with van der Waals surface area (Å²) in [4.78, 5) is 3.80. The van der Waals surface area contributed by atoms with Gasteiger partial charge in [-0.05, 0) is 19.1 Å². The summed E-state index contributed by atoms with van der Waals surface area (Å²) in [6, 6.07) is 4.76. The van der Waals surface area contributed by atoms with Gasteiger partial charge in [0, 0.05) is 6.20 Å². The Hall–Kier alpha value is -0.590. The van der Waals surface area contributed by atoms with Crippen LogP contribution in [0.15, 0.2) is 24.4 Å². The van der Waals surface area contributed by atoms with Gasteiger partial charge >= 0.3 is 0 Å². The van der Waals surface area contributed by atoms with E-state index in [1.807, 2.05) is 0 Å². The maximum Gasteiger partial charge on any atom is 0.285 e. The molecule has 0 aliphatic heterocycles. The van der Waals surface area contributed by atoms with Gasteiger partial charge in [0.05, 0.1) is 5.69 Å². The second-order valence-electron chi connectivity index (χ2n) is 2.67. The van der Waals surface area contributed by atoms with E-state index in [4.69, 9.17) is 4.55 Å². The molecule has 0 fully saturated rings. The third kappa shape index (κ3) is 2.01. The Balaban J connectivity index is 3.24. The van der Waals surface area contributed by atoms with Crippen molar-refractivity contribution in [3.8, 4) is 0 Å². The number of nitrogens with zero attached hydrogens (tertiary/aromatic N) is 1. The van der Waals surface area contributed by atoms with E-state index < -0.39 is 14.2 Å². The van der Waals surface area contributed by atoms with Gasteiger partial charge in [-0.2, -0.15) is 8.42 Å². The van der Waals surface area contributed by atoms with E-state index in [2.05, 4.69) is 17.6 Å². The molecule has 0 radical (unpaired) electrons. The minimum absolute atomic E-state index is 0.195. The molecule has 0 aliphatic carbocycles. The summed E-state index contributed by atoms with van der Waals surface area (Å²) in [5, 5.41) is 0. The number of hydrogen-bond donors (Lipinski definition) is 2. The van der Waals surface area contributed by atoms with Gasteiger partial charge < -0.3 is 0 Å². The summed E-state index contributed by atoms with van der Waals surface area (Å²) in [6.07, 6.45) is 1.44. The number of thiol groups is 1. The van der Waals surface area contributed by atoms with Gasteiger partial charge in [0.1, 0.15) is 0 Å². The van der Waals surface area contributed by atoms with Crippen LogP contribution in [0.25, 0.3) is 0 Å². The first kappa shape index (κ1) is 10.5. The minimum Gasteiger partial charge on any atom is -0.284 e. The van der Waals surface area contributed by atoms with Crippen LogP contribution in [0.3, 0.4) is 0 Å². The largest absolute Gasteiger partial charge is 0.285 e. The second-order valence-corrected chi connectivity index (χ2v) is 5.64. The van der Waals surface area contributed by atoms with Crippen LogP contribution in [-0.2, 0) is 14.2 Å². The van der Waals surface area contributed by atoms with Crippen molar-refractivity contribution in [2.45, 2.75) is 11.0 Å². The molecule has 1 atom stereocenters. The van der Waals surface area contributed by atoms with Gasteiger partial charge in [0.2, 0.25) is 0 Å². The SMILES string of the molecule is CC(S)(c1ccccn1)S(=O)(=O)O. The fourth-order valence-corrected chi connectivity index (χ4v) is 1.29. The molecular formula is C7H9NO3S2. The minimum atomic E-state index is -4.25. The lowest BCUT2D eigenvalue weighted by molar-refractivity contribution is 0.465. The molecule has 1 N–H and O–H groups in total. The zero-order valence-electron chi connectivity index (χ0n) is 6.88. The van der Waals surface area contributed by atoms with Crippen LogP contribution in [-0.4, -0.2) is 18.0 Å². The maximum absolute atomic E-state index is 10.9. The van der Waals surface area contributed by atoms with Crippen LogP contribution < -0.4 is 0 Å². The lowest BCUT2D eigenvalue weighted by Gasteiger charge is -2.18. The topological polar surface area (TPSA) is 67.3 Å². The molecule has 13 heavy (non-hydrogen) atoms. The average molecular weight is 219 g/mol. The molecule has 0 saturated heterocycles. The zero-order valence-corrected chi connectivity index (χ0v) is 8.59. The first-order valence-electron chi connectivity index (χ1n) is 3.46. The molecule has 1 aromatic heterocycles. The van der Waals surface area contributed by atoms with Gasteiger partial charge in [0.25, 0.3) is 10.1 Å². The number of pyridine rings is 1. The third-order valence-corrected chi connectivity index (χ3v) is 3.78. The Morgan fingerprint density at radius 1 is 1.54 bits per heavy atom. The molecular weight excluding hydrogens is 210 g/mol. The summed E-state index contributed by atoms with van der Waals surface area (Å²) >= 11 is 3.86. The molecule has 1 unspecified atom stereocenters. The summed E-state index contributed by atoms with van der Waals surface area (Å²) in [5.41, 5.74) is 0.195. The second kappa shape index (κ2) is 3.28. The summed E-state index contributed by atoms with van der Waals surface area (Å²) in [6.45, 7) is 1.27. The van der Waals surface area contributed by atoms with E-state index in [1.165, 1.54) is 19.2 Å². The van der Waals surface area contributed by atoms with Gasteiger partial charge in [-0.25, -0.2) is 0 Å². The Labute approximate surface area is 82.2 Å². The highest BCUT2D eigenvalue weighted by atomic mass is 32.3. The number of aromatic nitrogens is 1. The van der Waals surface area contributed by atoms with Crippen molar-refractivity contribution >= 4 is 22.7 Å². The van der Waals surface area contributed by atoms with Crippen molar-refractivity contribution in [1.82, 2.24) is 4.98 Å². The fraction of sp³-hybridized carbons (Fsp3) is 0.286. The Bertz CT molecular complexity index is 385. The Morgan fingerprint density at radius 3 is 2.54 bits per heavy atom. The van der Waals surface area contributed by atoms with Crippen LogP contribution in [0.1, 0.15) is 12.6 Å². The van der Waals surface area contributed by atoms with Gasteiger partial charge in [-0.3, -0.25) is 9.54 Å². The maximum atomic E-state index is 10.9. The standard InChI is InChI=1S/C7H9NO3S2/c1-7(12,13(9,10)11)6-4-2-3-5-8-6/h2-5,12H,1H3,(H,9,10,11). The highest BCUT2D eigenvalue weighted by Crippen LogP contribution is 2.31. The van der Waals surface area contributed by atoms with Gasteiger partial charge in [-0.1, -0.05) is 6.07 Å². The van der Waals surface area contributed by atoms with E-state index in [0.29, 0.717) is 0 Å². The zero-order chi connectivity index (χ0) is 10.1. The fourth-order valence-electron chi connectivity index (χ4n) is 0.769. The monoisotopic (exact) mass is 219 g/mol. The summed E-state index contributed by atoms with van der Waals surface area (Å²) in [5.74, 6) is 0. The van der Waals surface area contributed by atoms with E-state index >= 15 is 0 Å². The molecule has 1 aromatic rings. The van der Waals surface area contributed by atoms with Crippen LogP contribution in [0.2, 0.25) is 0 Å². The number of rotatable bonds is 2. The predicted octanol–water partition coefficient (Wildman–Crippen LogP) is 1.07. The first-order chi connectivity index (χ1) is 5.86. The smallest absolute Gasteiger partial charge is 0.284 e. The Kier molecular flexibility index (Phi) is 2.65. The molecule has 1 rings (SSSR count). The molecule has 0 spiro atoms. The van der Waals surface area contributed by atoms with Crippen molar-refractivity contribution < 1.29 is 13.0 Å². The summed E-state index contributed by atoms with van der Waals surface area (Å²) < 4.78 is 29.0. The number of hydrogen-bond acceptors (Lipinski definition) is 4. The van der Waals surface area contributed by atoms with Crippen molar-refractivity contribution in [3.05, 3.63) is 30.1 Å².